The highest BCUT2D eigenvalue weighted by molar-refractivity contribution is 7.10. The second-order valence-electron chi connectivity index (χ2n) is 6.97. The molecule has 2 aromatic carbocycles. The molecule has 1 aliphatic heterocycles. The lowest BCUT2D eigenvalue weighted by atomic mass is 10.1. The third kappa shape index (κ3) is 3.64. The largest absolute Gasteiger partial charge is 0.454 e. The molecule has 146 valence electrons. The van der Waals surface area contributed by atoms with Gasteiger partial charge >= 0.3 is 0 Å². The van der Waals surface area contributed by atoms with E-state index in [0.29, 0.717) is 0 Å². The summed E-state index contributed by atoms with van der Waals surface area (Å²) in [5.41, 5.74) is 4.13. The fourth-order valence-corrected chi connectivity index (χ4v) is 4.20. The quantitative estimate of drug-likeness (QED) is 0.482. The molecule has 0 amide bonds. The van der Waals surface area contributed by atoms with Crippen molar-refractivity contribution in [3.05, 3.63) is 82.7 Å². The molecule has 1 aliphatic rings. The number of nitrogens with one attached hydrogen (secondary N) is 1. The number of hydrogen-bond donors (Lipinski definition) is 1. The first-order valence-electron chi connectivity index (χ1n) is 9.59. The van der Waals surface area contributed by atoms with Gasteiger partial charge in [0, 0.05) is 34.8 Å². The van der Waals surface area contributed by atoms with Gasteiger partial charge in [0.2, 0.25) is 6.79 Å². The zero-order valence-corrected chi connectivity index (χ0v) is 16.9. The molecule has 0 bridgehead atoms. The lowest BCUT2D eigenvalue weighted by Gasteiger charge is -2.12. The number of hydrogen-bond acceptors (Lipinski definition) is 5. The number of rotatable bonds is 6. The molecule has 5 rings (SSSR count). The molecule has 0 unspecified atom stereocenters. The number of thiophene rings is 1. The van der Waals surface area contributed by atoms with Gasteiger partial charge in [-0.1, -0.05) is 24.3 Å². The number of nitrogens with zero attached hydrogens (tertiary/aromatic N) is 2. The average molecular weight is 404 g/mol. The summed E-state index contributed by atoms with van der Waals surface area (Å²) in [5.74, 6) is 1.55. The van der Waals surface area contributed by atoms with E-state index in [0.717, 1.165) is 40.6 Å². The van der Waals surface area contributed by atoms with E-state index in [2.05, 4.69) is 48.1 Å². The van der Waals surface area contributed by atoms with Gasteiger partial charge < -0.3 is 14.8 Å². The molecule has 4 aromatic rings. The Bertz CT molecular complexity index is 1110. The number of ether oxygens (including phenoxy) is 2. The molecule has 1 atom stereocenters. The minimum atomic E-state index is 0.268. The van der Waals surface area contributed by atoms with Crippen molar-refractivity contribution in [2.75, 3.05) is 6.79 Å². The fraction of sp³-hybridized carbons (Fsp3) is 0.174. The monoisotopic (exact) mass is 403 g/mol. The first kappa shape index (κ1) is 18.0. The Labute approximate surface area is 173 Å². The SMILES string of the molecule is C[C@@H](NCc1cn(-c2ccccc2)nc1-c1ccc2c(c1)OCO2)c1cccs1. The van der Waals surface area contributed by atoms with Gasteiger partial charge in [0.15, 0.2) is 11.5 Å². The smallest absolute Gasteiger partial charge is 0.231 e. The van der Waals surface area contributed by atoms with Crippen LogP contribution in [0.4, 0.5) is 0 Å². The van der Waals surface area contributed by atoms with Gasteiger partial charge in [-0.2, -0.15) is 5.10 Å². The third-order valence-electron chi connectivity index (χ3n) is 5.03. The van der Waals surface area contributed by atoms with Crippen LogP contribution in [0.3, 0.4) is 0 Å². The zero-order valence-electron chi connectivity index (χ0n) is 16.0. The molecule has 5 nitrogen and oxygen atoms in total. The molecule has 0 aliphatic carbocycles. The van der Waals surface area contributed by atoms with Crippen LogP contribution in [-0.4, -0.2) is 16.6 Å². The molecule has 0 saturated carbocycles. The van der Waals surface area contributed by atoms with Crippen molar-refractivity contribution in [2.24, 2.45) is 0 Å². The summed E-state index contributed by atoms with van der Waals surface area (Å²) in [7, 11) is 0. The van der Waals surface area contributed by atoms with Crippen molar-refractivity contribution in [1.82, 2.24) is 15.1 Å². The Morgan fingerprint density at radius 1 is 1.07 bits per heavy atom. The Morgan fingerprint density at radius 3 is 2.76 bits per heavy atom. The van der Waals surface area contributed by atoms with Crippen LogP contribution in [0.25, 0.3) is 16.9 Å². The highest BCUT2D eigenvalue weighted by atomic mass is 32.1. The fourth-order valence-electron chi connectivity index (χ4n) is 3.44. The first-order valence-corrected chi connectivity index (χ1v) is 10.5. The van der Waals surface area contributed by atoms with E-state index < -0.39 is 0 Å². The Hall–Kier alpha value is -3.09. The van der Waals surface area contributed by atoms with E-state index in [9.17, 15) is 0 Å². The van der Waals surface area contributed by atoms with Gasteiger partial charge in [0.1, 0.15) is 0 Å². The summed E-state index contributed by atoms with van der Waals surface area (Å²) in [6.07, 6.45) is 2.10. The number of aromatic nitrogens is 2. The van der Waals surface area contributed by atoms with Crippen molar-refractivity contribution in [3.63, 3.8) is 0 Å². The normalized spacial score (nSPS) is 13.6. The van der Waals surface area contributed by atoms with Crippen LogP contribution in [0.2, 0.25) is 0 Å². The summed E-state index contributed by atoms with van der Waals surface area (Å²) >= 11 is 1.77. The van der Waals surface area contributed by atoms with Gasteiger partial charge in [-0.3, -0.25) is 0 Å². The Morgan fingerprint density at radius 2 is 1.93 bits per heavy atom. The molecule has 0 fully saturated rings. The molecule has 0 saturated heterocycles. The minimum Gasteiger partial charge on any atom is -0.454 e. The van der Waals surface area contributed by atoms with Gasteiger partial charge in [0.25, 0.3) is 0 Å². The van der Waals surface area contributed by atoms with Crippen LogP contribution >= 0.6 is 11.3 Å². The number of fused-ring (bicyclic) bond motifs is 1. The van der Waals surface area contributed by atoms with Crippen molar-refractivity contribution in [3.8, 4) is 28.4 Å². The van der Waals surface area contributed by atoms with Crippen LogP contribution in [-0.2, 0) is 6.54 Å². The minimum absolute atomic E-state index is 0.268. The number of benzene rings is 2. The zero-order chi connectivity index (χ0) is 19.6. The maximum absolute atomic E-state index is 5.57. The molecule has 2 aromatic heterocycles. The lowest BCUT2D eigenvalue weighted by Crippen LogP contribution is -2.17. The van der Waals surface area contributed by atoms with Crippen LogP contribution in [0, 0.1) is 0 Å². The van der Waals surface area contributed by atoms with E-state index in [-0.39, 0.29) is 12.8 Å². The van der Waals surface area contributed by atoms with E-state index in [1.807, 2.05) is 41.1 Å². The predicted molar refractivity (Wildman–Crippen MR) is 115 cm³/mol. The topological polar surface area (TPSA) is 48.3 Å². The van der Waals surface area contributed by atoms with Crippen LogP contribution in [0.15, 0.2) is 72.2 Å². The molecule has 3 heterocycles. The molecule has 0 radical (unpaired) electrons. The Balaban J connectivity index is 1.49. The lowest BCUT2D eigenvalue weighted by molar-refractivity contribution is 0.174. The second-order valence-corrected chi connectivity index (χ2v) is 7.95. The van der Waals surface area contributed by atoms with Gasteiger partial charge in [-0.15, -0.1) is 11.3 Å². The number of para-hydroxylation sites is 1. The van der Waals surface area contributed by atoms with Gasteiger partial charge in [-0.25, -0.2) is 4.68 Å². The maximum atomic E-state index is 5.57. The summed E-state index contributed by atoms with van der Waals surface area (Å²) in [6, 6.07) is 20.7. The molecular formula is C23H21N3O2S. The highest BCUT2D eigenvalue weighted by Crippen LogP contribution is 2.36. The summed E-state index contributed by atoms with van der Waals surface area (Å²) in [4.78, 5) is 1.32. The molecule has 1 N–H and O–H groups in total. The van der Waals surface area contributed by atoms with E-state index in [1.165, 1.54) is 4.88 Å². The van der Waals surface area contributed by atoms with Crippen molar-refractivity contribution in [2.45, 2.75) is 19.5 Å². The van der Waals surface area contributed by atoms with E-state index in [4.69, 9.17) is 14.6 Å². The van der Waals surface area contributed by atoms with Crippen molar-refractivity contribution in [1.29, 1.82) is 0 Å². The predicted octanol–water partition coefficient (Wildman–Crippen LogP) is 5.18. The maximum Gasteiger partial charge on any atom is 0.231 e. The summed E-state index contributed by atoms with van der Waals surface area (Å²) < 4.78 is 13.0. The third-order valence-corrected chi connectivity index (χ3v) is 6.08. The van der Waals surface area contributed by atoms with Gasteiger partial charge in [0.05, 0.1) is 11.4 Å². The van der Waals surface area contributed by atoms with Crippen molar-refractivity contribution < 1.29 is 9.47 Å². The second kappa shape index (κ2) is 7.73. The van der Waals surface area contributed by atoms with E-state index >= 15 is 0 Å². The molecule has 29 heavy (non-hydrogen) atoms. The van der Waals surface area contributed by atoms with E-state index in [1.54, 1.807) is 11.3 Å². The standard InChI is InChI=1S/C23H21N3O2S/c1-16(22-8-5-11-29-22)24-13-18-14-26(19-6-3-2-4-7-19)25-23(18)17-9-10-20-21(12-17)28-15-27-20/h2-12,14,16,24H,13,15H2,1H3/t16-/m1/s1. The Kier molecular flexibility index (Phi) is 4.79. The molecule has 0 spiro atoms. The summed E-state index contributed by atoms with van der Waals surface area (Å²) in [6.45, 7) is 3.17. The van der Waals surface area contributed by atoms with Crippen LogP contribution in [0.5, 0.6) is 11.5 Å². The van der Waals surface area contributed by atoms with Crippen LogP contribution in [0.1, 0.15) is 23.4 Å². The van der Waals surface area contributed by atoms with Gasteiger partial charge in [-0.05, 0) is 48.7 Å². The molecular weight excluding hydrogens is 382 g/mol. The van der Waals surface area contributed by atoms with Crippen LogP contribution < -0.4 is 14.8 Å². The van der Waals surface area contributed by atoms with Crippen molar-refractivity contribution >= 4 is 11.3 Å². The average Bonchev–Trinajstić information content (AvgIpc) is 3.52. The summed E-state index contributed by atoms with van der Waals surface area (Å²) in [5, 5.41) is 10.6. The first-order chi connectivity index (χ1) is 14.3. The highest BCUT2D eigenvalue weighted by Gasteiger charge is 2.18. The molecule has 6 heteroatoms.